The van der Waals surface area contributed by atoms with E-state index < -0.39 is 5.82 Å². The van der Waals surface area contributed by atoms with Crippen LogP contribution >= 0.6 is 0 Å². The molecule has 1 aromatic rings. The van der Waals surface area contributed by atoms with Crippen molar-refractivity contribution in [3.8, 4) is 0 Å². The molecular formula is C16H24FN3O. The molecule has 0 aliphatic carbocycles. The smallest absolute Gasteiger partial charge is 0.241 e. The first-order valence-corrected chi connectivity index (χ1v) is 7.57. The predicted octanol–water partition coefficient (Wildman–Crippen LogP) is 2.86. The van der Waals surface area contributed by atoms with Gasteiger partial charge in [0.25, 0.3) is 0 Å². The second kappa shape index (κ2) is 6.89. The van der Waals surface area contributed by atoms with E-state index in [1.54, 1.807) is 0 Å². The molecule has 116 valence electrons. The highest BCUT2D eigenvalue weighted by Gasteiger charge is 2.24. The number of carbonyl (C=O) groups is 1. The molecule has 1 saturated heterocycles. The zero-order chi connectivity index (χ0) is 15.4. The van der Waals surface area contributed by atoms with Gasteiger partial charge in [-0.3, -0.25) is 9.69 Å². The molecule has 1 fully saturated rings. The molecule has 1 amide bonds. The van der Waals surface area contributed by atoms with Crippen LogP contribution in [0.3, 0.4) is 0 Å². The first-order chi connectivity index (χ1) is 9.97. The van der Waals surface area contributed by atoms with Crippen LogP contribution in [-0.2, 0) is 4.79 Å². The van der Waals surface area contributed by atoms with Crippen molar-refractivity contribution in [1.29, 1.82) is 0 Å². The number of carbonyl (C=O) groups excluding carboxylic acids is 1. The summed E-state index contributed by atoms with van der Waals surface area (Å²) in [5, 5.41) is 2.79. The molecule has 0 radical (unpaired) electrons. The van der Waals surface area contributed by atoms with E-state index in [-0.39, 0.29) is 17.6 Å². The van der Waals surface area contributed by atoms with Gasteiger partial charge in [-0.2, -0.15) is 0 Å². The zero-order valence-corrected chi connectivity index (χ0v) is 12.7. The van der Waals surface area contributed by atoms with E-state index in [0.29, 0.717) is 5.69 Å². The van der Waals surface area contributed by atoms with Crippen molar-refractivity contribution in [1.82, 2.24) is 4.90 Å². The van der Waals surface area contributed by atoms with Crippen LogP contribution in [0.5, 0.6) is 0 Å². The summed E-state index contributed by atoms with van der Waals surface area (Å²) in [7, 11) is 0. The van der Waals surface area contributed by atoms with Crippen molar-refractivity contribution in [3.63, 3.8) is 0 Å². The molecule has 0 saturated carbocycles. The van der Waals surface area contributed by atoms with Crippen LogP contribution in [0.15, 0.2) is 18.2 Å². The average molecular weight is 293 g/mol. The second-order valence-electron chi connectivity index (χ2n) is 5.97. The van der Waals surface area contributed by atoms with Crippen LogP contribution < -0.4 is 11.1 Å². The van der Waals surface area contributed by atoms with Gasteiger partial charge in [0, 0.05) is 0 Å². The van der Waals surface area contributed by atoms with Crippen LogP contribution in [0.2, 0.25) is 0 Å². The Hall–Kier alpha value is -1.62. The molecule has 0 bridgehead atoms. The Balaban J connectivity index is 1.98. The third kappa shape index (κ3) is 4.17. The van der Waals surface area contributed by atoms with Crippen molar-refractivity contribution >= 4 is 17.3 Å². The van der Waals surface area contributed by atoms with Gasteiger partial charge < -0.3 is 11.1 Å². The Morgan fingerprint density at radius 3 is 2.90 bits per heavy atom. The van der Waals surface area contributed by atoms with Crippen molar-refractivity contribution in [2.45, 2.75) is 39.2 Å². The quantitative estimate of drug-likeness (QED) is 0.843. The van der Waals surface area contributed by atoms with Crippen LogP contribution in [0, 0.1) is 11.7 Å². The van der Waals surface area contributed by atoms with E-state index in [0.717, 1.165) is 31.8 Å². The predicted molar refractivity (Wildman–Crippen MR) is 83.5 cm³/mol. The van der Waals surface area contributed by atoms with Crippen LogP contribution in [0.4, 0.5) is 15.8 Å². The number of benzene rings is 1. The molecule has 2 rings (SSSR count). The summed E-state index contributed by atoms with van der Waals surface area (Å²) in [6, 6.07) is 3.80. The summed E-state index contributed by atoms with van der Waals surface area (Å²) in [4.78, 5) is 14.5. The number of likely N-dealkylation sites (tertiary alicyclic amines) is 1. The van der Waals surface area contributed by atoms with E-state index in [2.05, 4.69) is 17.1 Å². The Labute approximate surface area is 125 Å². The molecule has 1 aliphatic heterocycles. The Kier molecular flexibility index (Phi) is 5.17. The van der Waals surface area contributed by atoms with Gasteiger partial charge in [-0.15, -0.1) is 0 Å². The number of nitrogens with two attached hydrogens (primary N) is 1. The van der Waals surface area contributed by atoms with E-state index in [1.807, 2.05) is 6.92 Å². The first kappa shape index (κ1) is 15.8. The van der Waals surface area contributed by atoms with E-state index in [4.69, 9.17) is 5.73 Å². The number of nitrogen functional groups attached to an aromatic ring is 1. The number of nitrogens with one attached hydrogen (secondary N) is 1. The molecule has 1 heterocycles. The van der Waals surface area contributed by atoms with Gasteiger partial charge in [0.05, 0.1) is 17.4 Å². The topological polar surface area (TPSA) is 58.4 Å². The molecule has 1 aromatic carbocycles. The lowest BCUT2D eigenvalue weighted by molar-refractivity contribution is -0.120. The number of halogens is 1. The molecule has 21 heavy (non-hydrogen) atoms. The standard InChI is InChI=1S/C16H24FN3O/c1-11-4-3-8-20(9-7-11)12(2)16(21)19-15-6-5-13(17)10-14(15)18/h5-6,10-12H,3-4,7-9,18H2,1-2H3,(H,19,21). The maximum absolute atomic E-state index is 13.0. The SMILES string of the molecule is CC1CCCN(C(C)C(=O)Nc2ccc(F)cc2N)CC1. The van der Waals surface area contributed by atoms with Gasteiger partial charge in [-0.05, 0) is 63.4 Å². The fourth-order valence-electron chi connectivity index (χ4n) is 2.72. The summed E-state index contributed by atoms with van der Waals surface area (Å²) < 4.78 is 13.0. The number of hydrogen-bond donors (Lipinski definition) is 2. The average Bonchev–Trinajstić information content (AvgIpc) is 2.66. The molecule has 3 N–H and O–H groups in total. The lowest BCUT2D eigenvalue weighted by atomic mass is 10.0. The molecule has 2 atom stereocenters. The largest absolute Gasteiger partial charge is 0.397 e. The third-order valence-corrected chi connectivity index (χ3v) is 4.25. The molecular weight excluding hydrogens is 269 g/mol. The van der Waals surface area contributed by atoms with Gasteiger partial charge >= 0.3 is 0 Å². The highest BCUT2D eigenvalue weighted by molar-refractivity contribution is 5.97. The second-order valence-corrected chi connectivity index (χ2v) is 5.97. The van der Waals surface area contributed by atoms with E-state index in [9.17, 15) is 9.18 Å². The maximum Gasteiger partial charge on any atom is 0.241 e. The Morgan fingerprint density at radius 2 is 2.19 bits per heavy atom. The van der Waals surface area contributed by atoms with Gasteiger partial charge in [-0.25, -0.2) is 4.39 Å². The monoisotopic (exact) mass is 293 g/mol. The number of amides is 1. The summed E-state index contributed by atoms with van der Waals surface area (Å²) in [6.07, 6.45) is 3.46. The highest BCUT2D eigenvalue weighted by atomic mass is 19.1. The summed E-state index contributed by atoms with van der Waals surface area (Å²) >= 11 is 0. The number of nitrogens with zero attached hydrogens (tertiary/aromatic N) is 1. The highest BCUT2D eigenvalue weighted by Crippen LogP contribution is 2.21. The normalized spacial score (nSPS) is 21.6. The van der Waals surface area contributed by atoms with Crippen molar-refractivity contribution in [3.05, 3.63) is 24.0 Å². The minimum atomic E-state index is -0.403. The summed E-state index contributed by atoms with van der Waals surface area (Å²) in [5.41, 5.74) is 6.44. The molecule has 2 unspecified atom stereocenters. The summed E-state index contributed by atoms with van der Waals surface area (Å²) in [6.45, 7) is 6.05. The lowest BCUT2D eigenvalue weighted by Gasteiger charge is -2.26. The van der Waals surface area contributed by atoms with Gasteiger partial charge in [0.2, 0.25) is 5.91 Å². The van der Waals surface area contributed by atoms with E-state index in [1.165, 1.54) is 24.6 Å². The first-order valence-electron chi connectivity index (χ1n) is 7.57. The van der Waals surface area contributed by atoms with Crippen molar-refractivity contribution < 1.29 is 9.18 Å². The lowest BCUT2D eigenvalue weighted by Crippen LogP contribution is -2.42. The number of hydrogen-bond acceptors (Lipinski definition) is 3. The van der Waals surface area contributed by atoms with Crippen LogP contribution in [0.25, 0.3) is 0 Å². The molecule has 1 aliphatic rings. The molecule has 0 aromatic heterocycles. The molecule has 5 heteroatoms. The van der Waals surface area contributed by atoms with Crippen molar-refractivity contribution in [2.24, 2.45) is 5.92 Å². The Morgan fingerprint density at radius 1 is 1.43 bits per heavy atom. The number of anilines is 2. The van der Waals surface area contributed by atoms with Crippen LogP contribution in [0.1, 0.15) is 33.1 Å². The van der Waals surface area contributed by atoms with E-state index >= 15 is 0 Å². The number of rotatable bonds is 3. The zero-order valence-electron chi connectivity index (χ0n) is 12.7. The van der Waals surface area contributed by atoms with Crippen LogP contribution in [-0.4, -0.2) is 29.9 Å². The minimum Gasteiger partial charge on any atom is -0.397 e. The fraction of sp³-hybridized carbons (Fsp3) is 0.562. The fourth-order valence-corrected chi connectivity index (χ4v) is 2.72. The summed E-state index contributed by atoms with van der Waals surface area (Å²) in [5.74, 6) is 0.223. The minimum absolute atomic E-state index is 0.0946. The van der Waals surface area contributed by atoms with Crippen molar-refractivity contribution in [2.75, 3.05) is 24.1 Å². The molecule has 4 nitrogen and oxygen atoms in total. The third-order valence-electron chi connectivity index (χ3n) is 4.25. The van der Waals surface area contributed by atoms with Gasteiger partial charge in [0.15, 0.2) is 0 Å². The molecule has 0 spiro atoms. The Bertz CT molecular complexity index is 506. The maximum atomic E-state index is 13.0. The van der Waals surface area contributed by atoms with Gasteiger partial charge in [0.1, 0.15) is 5.82 Å². The van der Waals surface area contributed by atoms with Gasteiger partial charge in [-0.1, -0.05) is 6.92 Å².